The Morgan fingerprint density at radius 2 is 1.93 bits per heavy atom. The van der Waals surface area contributed by atoms with Crippen LogP contribution in [0.2, 0.25) is 0 Å². The zero-order valence-electron chi connectivity index (χ0n) is 21.5. The van der Waals surface area contributed by atoms with Gasteiger partial charge in [-0.3, -0.25) is 14.5 Å². The average molecular weight is 667 g/mol. The molecule has 2 amide bonds. The number of anilines is 1. The topological polar surface area (TPSA) is 194 Å². The van der Waals surface area contributed by atoms with E-state index in [0.29, 0.717) is 27.1 Å². The van der Waals surface area contributed by atoms with Gasteiger partial charge in [0.25, 0.3) is 5.91 Å². The molecule has 2 aliphatic heterocycles. The predicted molar refractivity (Wildman–Crippen MR) is 144 cm³/mol. The number of benzene rings is 1. The number of carbonyl (C=O) groups excluding carboxylic acids is 4. The standard InChI is InChI=1S/C22H18N6O6S5.2Na/c23-21-25-11(7-36-21)15(39-12-4-2-1-3-10(12)19(31)32)16(29)26-13-17(30)28-14(20(33)34)9(5-35-18(13)28)6-37-22-27-24-8-38-22;;/h1-4,7-8,13,15,18H,5-6H2,(H2,23,25)(H,26,29)(H,31,32)(H,33,34);;/q;2*+1/p-2/t13?,15?,18-;;/m0../s1. The van der Waals surface area contributed by atoms with Crippen molar-refractivity contribution in [3.05, 3.63) is 57.7 Å². The number of carbonyl (C=O) groups is 4. The third-order valence-corrected chi connectivity index (χ3v) is 10.9. The van der Waals surface area contributed by atoms with Crippen molar-refractivity contribution >= 4 is 86.8 Å². The van der Waals surface area contributed by atoms with Crippen LogP contribution in [0, 0.1) is 0 Å². The van der Waals surface area contributed by atoms with Gasteiger partial charge in [0.2, 0.25) is 5.91 Å². The molecule has 1 aromatic carbocycles. The van der Waals surface area contributed by atoms with Gasteiger partial charge in [-0.05, 0) is 11.6 Å². The Bertz CT molecular complexity index is 1490. The van der Waals surface area contributed by atoms with Gasteiger partial charge in [-0.2, -0.15) is 0 Å². The van der Waals surface area contributed by atoms with Crippen molar-refractivity contribution in [3.8, 4) is 0 Å². The zero-order chi connectivity index (χ0) is 27.7. The monoisotopic (exact) mass is 666 g/mol. The number of nitrogens with one attached hydrogen (secondary N) is 1. The molecule has 41 heavy (non-hydrogen) atoms. The van der Waals surface area contributed by atoms with Gasteiger partial charge in [-0.25, -0.2) is 4.98 Å². The number of nitrogens with zero attached hydrogens (tertiary/aromatic N) is 4. The van der Waals surface area contributed by atoms with Crippen molar-refractivity contribution in [2.24, 2.45) is 0 Å². The van der Waals surface area contributed by atoms with E-state index in [0.717, 1.165) is 28.0 Å². The molecule has 0 saturated carbocycles. The number of aliphatic carboxylic acids is 1. The minimum absolute atomic E-state index is 0. The van der Waals surface area contributed by atoms with Gasteiger partial charge in [0, 0.05) is 27.3 Å². The minimum Gasteiger partial charge on any atom is -0.545 e. The molecule has 0 aliphatic carbocycles. The number of nitrogen functional groups attached to an aromatic ring is 1. The smallest absolute Gasteiger partial charge is 0.545 e. The normalized spacial score (nSPS) is 18.3. The SMILES string of the molecule is Nc1nc(C(Sc2ccccc2C(=O)[O-])C(=O)NC2C(=O)N3C(C(=O)[O-])=C(CSc4nncs4)CS[C@@H]23)cs1.[Na+].[Na+]. The number of fused-ring (bicyclic) bond motifs is 1. The fourth-order valence-corrected chi connectivity index (χ4v) is 8.67. The van der Waals surface area contributed by atoms with E-state index in [1.165, 1.54) is 53.1 Å². The van der Waals surface area contributed by atoms with Gasteiger partial charge >= 0.3 is 59.1 Å². The quantitative estimate of drug-likeness (QED) is 0.118. The number of aromatic carboxylic acids is 1. The second-order valence-corrected chi connectivity index (χ2v) is 13.2. The predicted octanol–water partition coefficient (Wildman–Crippen LogP) is -6.02. The summed E-state index contributed by atoms with van der Waals surface area (Å²) in [6, 6.07) is 5.07. The molecule has 2 unspecified atom stereocenters. The summed E-state index contributed by atoms with van der Waals surface area (Å²) < 4.78 is 0.666. The molecule has 3 N–H and O–H groups in total. The molecule has 5 rings (SSSR count). The van der Waals surface area contributed by atoms with Gasteiger partial charge < -0.3 is 30.9 Å². The Labute approximate surface area is 298 Å². The molecule has 12 nitrogen and oxygen atoms in total. The van der Waals surface area contributed by atoms with Crippen molar-refractivity contribution in [3.63, 3.8) is 0 Å². The summed E-state index contributed by atoms with van der Waals surface area (Å²) in [7, 11) is 0. The number of hydrogen-bond donors (Lipinski definition) is 2. The first-order valence-electron chi connectivity index (χ1n) is 11.0. The second-order valence-electron chi connectivity index (χ2n) is 8.02. The van der Waals surface area contributed by atoms with E-state index in [2.05, 4.69) is 20.5 Å². The first-order chi connectivity index (χ1) is 18.7. The van der Waals surface area contributed by atoms with Crippen LogP contribution in [0.1, 0.15) is 21.3 Å². The van der Waals surface area contributed by atoms with Crippen LogP contribution in [0.5, 0.6) is 0 Å². The fraction of sp³-hybridized carbons (Fsp3) is 0.227. The maximum atomic E-state index is 13.5. The number of carboxylic acids is 2. The molecule has 3 aromatic rings. The molecule has 2 aromatic heterocycles. The molecule has 0 spiro atoms. The number of carboxylic acid groups (broad SMARTS) is 2. The number of aromatic nitrogens is 3. The number of hydrogen-bond acceptors (Lipinski definition) is 15. The minimum atomic E-state index is -1.48. The molecule has 202 valence electrons. The molecule has 0 bridgehead atoms. The van der Waals surface area contributed by atoms with E-state index in [9.17, 15) is 29.4 Å². The van der Waals surface area contributed by atoms with Crippen molar-refractivity contribution < 1.29 is 88.5 Å². The Balaban J connectivity index is 0.00000231. The Kier molecular flexibility index (Phi) is 12.6. The van der Waals surface area contributed by atoms with E-state index >= 15 is 0 Å². The van der Waals surface area contributed by atoms with Gasteiger partial charge in [-0.1, -0.05) is 41.3 Å². The van der Waals surface area contributed by atoms with Crippen LogP contribution >= 0.6 is 58.0 Å². The van der Waals surface area contributed by atoms with Crippen LogP contribution in [-0.4, -0.2) is 66.8 Å². The summed E-state index contributed by atoms with van der Waals surface area (Å²) >= 11 is 6.00. The molecule has 1 fully saturated rings. The Morgan fingerprint density at radius 1 is 1.17 bits per heavy atom. The first-order valence-corrected chi connectivity index (χ1v) is 15.7. The third kappa shape index (κ3) is 7.52. The molecule has 0 radical (unpaired) electrons. The van der Waals surface area contributed by atoms with Crippen LogP contribution in [0.25, 0.3) is 0 Å². The average Bonchev–Trinajstić information content (AvgIpc) is 3.60. The molecule has 4 heterocycles. The molecular weight excluding hydrogens is 651 g/mol. The van der Waals surface area contributed by atoms with Crippen molar-refractivity contribution in [1.29, 1.82) is 0 Å². The fourth-order valence-electron chi connectivity index (χ4n) is 3.92. The first kappa shape index (κ1) is 34.4. The number of β-lactam (4-membered cyclic amide) rings is 1. The number of thioether (sulfide) groups is 3. The molecular formula is C22H16N6Na2O6S5. The van der Waals surface area contributed by atoms with Crippen LogP contribution < -0.4 is 80.4 Å². The van der Waals surface area contributed by atoms with E-state index in [1.54, 1.807) is 17.0 Å². The Hall–Kier alpha value is -1.12. The summed E-state index contributed by atoms with van der Waals surface area (Å²) in [6.45, 7) is 0. The van der Waals surface area contributed by atoms with Crippen LogP contribution in [0.15, 0.2) is 55.7 Å². The largest absolute Gasteiger partial charge is 1.00 e. The summed E-state index contributed by atoms with van der Waals surface area (Å²) in [5.41, 5.74) is 7.84. The van der Waals surface area contributed by atoms with E-state index in [-0.39, 0.29) is 80.4 Å². The Morgan fingerprint density at radius 3 is 2.56 bits per heavy atom. The van der Waals surface area contributed by atoms with Gasteiger partial charge in [0.1, 0.15) is 22.2 Å². The molecule has 1 saturated heterocycles. The van der Waals surface area contributed by atoms with E-state index in [1.807, 2.05) is 0 Å². The van der Waals surface area contributed by atoms with Crippen molar-refractivity contribution in [2.45, 2.75) is 25.9 Å². The van der Waals surface area contributed by atoms with E-state index in [4.69, 9.17) is 5.73 Å². The van der Waals surface area contributed by atoms with Gasteiger partial charge in [-0.15, -0.1) is 45.1 Å². The zero-order valence-corrected chi connectivity index (χ0v) is 29.5. The van der Waals surface area contributed by atoms with Crippen LogP contribution in [-0.2, 0) is 14.4 Å². The van der Waals surface area contributed by atoms with Gasteiger partial charge in [0.15, 0.2) is 9.47 Å². The summed E-state index contributed by atoms with van der Waals surface area (Å²) in [6.07, 6.45) is 0. The molecule has 3 atom stereocenters. The summed E-state index contributed by atoms with van der Waals surface area (Å²) in [5, 5.41) is 34.1. The number of amides is 2. The van der Waals surface area contributed by atoms with E-state index < -0.39 is 40.4 Å². The number of nitrogens with two attached hydrogens (primary N) is 1. The molecule has 2 aliphatic rings. The van der Waals surface area contributed by atoms with Crippen molar-refractivity contribution in [2.75, 3.05) is 17.2 Å². The van der Waals surface area contributed by atoms with Crippen LogP contribution in [0.3, 0.4) is 0 Å². The number of thiazole rings is 1. The van der Waals surface area contributed by atoms with Crippen molar-refractivity contribution in [1.82, 2.24) is 25.4 Å². The van der Waals surface area contributed by atoms with Crippen LogP contribution in [0.4, 0.5) is 5.13 Å². The van der Waals surface area contributed by atoms with Gasteiger partial charge in [0.05, 0.1) is 23.3 Å². The third-order valence-electron chi connectivity index (χ3n) is 5.65. The maximum absolute atomic E-state index is 13.5. The summed E-state index contributed by atoms with van der Waals surface area (Å²) in [4.78, 5) is 55.8. The number of rotatable bonds is 10. The molecule has 19 heteroatoms. The summed E-state index contributed by atoms with van der Waals surface area (Å²) in [5.74, 6) is -3.46. The maximum Gasteiger partial charge on any atom is 1.00 e. The second kappa shape index (κ2) is 15.1.